The van der Waals surface area contributed by atoms with Gasteiger partial charge in [-0.15, -0.1) is 0 Å². The zero-order valence-corrected chi connectivity index (χ0v) is 13.9. The molecule has 0 atom stereocenters. The summed E-state index contributed by atoms with van der Waals surface area (Å²) in [5, 5.41) is 1.19. The molecule has 1 aromatic heterocycles. The Hall–Kier alpha value is -2.27. The summed E-state index contributed by atoms with van der Waals surface area (Å²) in [5.74, 6) is 0. The van der Waals surface area contributed by atoms with Gasteiger partial charge in [0.2, 0.25) is 0 Å². The van der Waals surface area contributed by atoms with Gasteiger partial charge in [-0.05, 0) is 18.6 Å². The molecule has 0 bridgehead atoms. The number of nitrogens with zero attached hydrogens (tertiary/aromatic N) is 1. The molecule has 0 aliphatic carbocycles. The van der Waals surface area contributed by atoms with E-state index in [1.807, 2.05) is 18.2 Å². The first kappa shape index (κ1) is 15.6. The van der Waals surface area contributed by atoms with E-state index in [1.165, 1.54) is 22.1 Å². The third-order valence-electron chi connectivity index (χ3n) is 3.97. The molecule has 112 valence electrons. The summed E-state index contributed by atoms with van der Waals surface area (Å²) in [6.45, 7) is 0. The molecule has 0 amide bonds. The van der Waals surface area contributed by atoms with Crippen LogP contribution in [0.4, 0.5) is 0 Å². The van der Waals surface area contributed by atoms with Crippen molar-refractivity contribution in [2.45, 2.75) is 6.42 Å². The van der Waals surface area contributed by atoms with Crippen LogP contribution in [0.1, 0.15) is 11.3 Å². The molecule has 2 heteroatoms. The summed E-state index contributed by atoms with van der Waals surface area (Å²) < 4.78 is 0. The Morgan fingerprint density at radius 1 is 0.739 bits per heavy atom. The van der Waals surface area contributed by atoms with Crippen LogP contribution in [0.2, 0.25) is 0 Å². The van der Waals surface area contributed by atoms with Gasteiger partial charge in [-0.3, -0.25) is 4.98 Å². The van der Waals surface area contributed by atoms with Crippen molar-refractivity contribution >= 4 is 10.9 Å². The third-order valence-corrected chi connectivity index (χ3v) is 3.97. The quantitative estimate of drug-likeness (QED) is 0.469. The summed E-state index contributed by atoms with van der Waals surface area (Å²) in [6.07, 6.45) is 0.873. The minimum Gasteiger partial charge on any atom is -0.254 e. The van der Waals surface area contributed by atoms with Crippen LogP contribution in [-0.4, -0.2) is 4.98 Å². The normalized spacial score (nSPS) is 10.4. The second kappa shape index (κ2) is 6.88. The van der Waals surface area contributed by atoms with E-state index >= 15 is 0 Å². The van der Waals surface area contributed by atoms with Gasteiger partial charge in [0.15, 0.2) is 0 Å². The minimum atomic E-state index is 0. The van der Waals surface area contributed by atoms with Gasteiger partial charge in [-0.25, -0.2) is 6.07 Å². The predicted octanol–water partition coefficient (Wildman–Crippen LogP) is 5.21. The van der Waals surface area contributed by atoms with Gasteiger partial charge in [-0.2, -0.15) is 23.3 Å². The van der Waals surface area contributed by atoms with Crippen molar-refractivity contribution in [2.24, 2.45) is 0 Å². The predicted molar refractivity (Wildman–Crippen MR) is 92.0 cm³/mol. The van der Waals surface area contributed by atoms with Crippen LogP contribution < -0.4 is 0 Å². The van der Waals surface area contributed by atoms with E-state index in [2.05, 4.69) is 66.7 Å². The summed E-state index contributed by atoms with van der Waals surface area (Å²) in [4.78, 5) is 4.75. The van der Waals surface area contributed by atoms with Crippen molar-refractivity contribution in [1.29, 1.82) is 0 Å². The Morgan fingerprint density at radius 2 is 1.52 bits per heavy atom. The fourth-order valence-corrected chi connectivity index (χ4v) is 2.83. The van der Waals surface area contributed by atoms with Crippen LogP contribution >= 0.6 is 0 Å². The van der Waals surface area contributed by atoms with E-state index in [4.69, 9.17) is 4.98 Å². The summed E-state index contributed by atoms with van der Waals surface area (Å²) in [5.41, 5.74) is 6.02. The van der Waals surface area contributed by atoms with Gasteiger partial charge < -0.3 is 0 Å². The maximum absolute atomic E-state index is 4.75. The number of hydrogen-bond donors (Lipinski definition) is 0. The van der Waals surface area contributed by atoms with Gasteiger partial charge in [-0.1, -0.05) is 60.2 Å². The maximum Gasteiger partial charge on any atom is 0.0704 e. The molecule has 0 aliphatic heterocycles. The molecule has 0 spiro atoms. The van der Waals surface area contributed by atoms with Gasteiger partial charge in [0.1, 0.15) is 0 Å². The second-order valence-electron chi connectivity index (χ2n) is 5.55. The molecule has 3 aromatic carbocycles. The first-order chi connectivity index (χ1) is 10.9. The average molecular weight is 334 g/mol. The van der Waals surface area contributed by atoms with Gasteiger partial charge >= 0.3 is 0 Å². The van der Waals surface area contributed by atoms with Crippen LogP contribution in [0.5, 0.6) is 0 Å². The van der Waals surface area contributed by atoms with Crippen LogP contribution in [0.25, 0.3) is 22.0 Å². The van der Waals surface area contributed by atoms with Crippen molar-refractivity contribution in [3.05, 3.63) is 96.2 Å². The van der Waals surface area contributed by atoms with Gasteiger partial charge in [0.25, 0.3) is 0 Å². The van der Waals surface area contributed by atoms with E-state index in [0.29, 0.717) is 0 Å². The van der Waals surface area contributed by atoms with E-state index in [1.54, 1.807) is 0 Å². The van der Waals surface area contributed by atoms with Gasteiger partial charge in [0.05, 0.1) is 5.52 Å². The van der Waals surface area contributed by atoms with Crippen molar-refractivity contribution in [2.75, 3.05) is 0 Å². The molecule has 1 nitrogen and oxygen atoms in total. The molecule has 0 aliphatic rings. The number of fused-ring (bicyclic) bond motifs is 1. The monoisotopic (exact) mass is 334 g/mol. The number of rotatable bonds is 3. The molecular weight excluding hydrogens is 318 g/mol. The molecule has 0 radical (unpaired) electrons. The van der Waals surface area contributed by atoms with E-state index in [-0.39, 0.29) is 17.4 Å². The van der Waals surface area contributed by atoms with Crippen molar-refractivity contribution in [3.63, 3.8) is 0 Å². The van der Waals surface area contributed by atoms with Crippen LogP contribution in [0, 0.1) is 0 Å². The first-order valence-corrected chi connectivity index (χ1v) is 7.54. The topological polar surface area (TPSA) is 12.9 Å². The minimum absolute atomic E-state index is 0. The summed E-state index contributed by atoms with van der Waals surface area (Å²) >= 11 is 0. The number of aromatic nitrogens is 1. The smallest absolute Gasteiger partial charge is 0.0704 e. The molecule has 0 unspecified atom stereocenters. The Kier molecular flexibility index (Phi) is 4.67. The number of hydrogen-bond acceptors (Lipinski definition) is 1. The number of para-hydroxylation sites is 1. The fourth-order valence-electron chi connectivity index (χ4n) is 2.83. The third kappa shape index (κ3) is 3.40. The molecule has 0 saturated carbocycles. The largest absolute Gasteiger partial charge is 0.254 e. The number of pyridine rings is 1. The maximum atomic E-state index is 4.75. The Morgan fingerprint density at radius 3 is 2.39 bits per heavy atom. The van der Waals surface area contributed by atoms with Crippen molar-refractivity contribution in [3.8, 4) is 11.1 Å². The van der Waals surface area contributed by atoms with Crippen molar-refractivity contribution in [1.82, 2.24) is 4.98 Å². The Labute approximate surface area is 147 Å². The van der Waals surface area contributed by atoms with Gasteiger partial charge in [0, 0.05) is 28.4 Å². The zero-order valence-electron chi connectivity index (χ0n) is 12.6. The summed E-state index contributed by atoms with van der Waals surface area (Å²) in [7, 11) is 0. The molecule has 0 saturated heterocycles. The molecule has 0 N–H and O–H groups in total. The fraction of sp³-hybridized carbons (Fsp3) is 0.0476. The zero-order chi connectivity index (χ0) is 14.8. The Bertz CT molecular complexity index is 909. The second-order valence-corrected chi connectivity index (χ2v) is 5.55. The number of benzene rings is 2. The van der Waals surface area contributed by atoms with E-state index < -0.39 is 0 Å². The van der Waals surface area contributed by atoms with E-state index in [0.717, 1.165) is 17.6 Å². The van der Waals surface area contributed by atoms with Crippen LogP contribution in [0.3, 0.4) is 0 Å². The summed E-state index contributed by atoms with van der Waals surface area (Å²) in [6, 6.07) is 29.7. The Balaban J connectivity index is 0.00000156. The average Bonchev–Trinajstić information content (AvgIpc) is 3.04. The SMILES string of the molecule is [Cr].c1ccc(-c2cc[c-](Cc3ccc4ccccc4n3)c2)cc1. The first-order valence-electron chi connectivity index (χ1n) is 7.54. The van der Waals surface area contributed by atoms with Crippen molar-refractivity contribution < 1.29 is 17.4 Å². The van der Waals surface area contributed by atoms with Crippen LogP contribution in [-0.2, 0) is 23.8 Å². The molecule has 1 heterocycles. The van der Waals surface area contributed by atoms with E-state index in [9.17, 15) is 0 Å². The molecular formula is C21H16CrN-. The molecule has 4 rings (SSSR count). The molecule has 23 heavy (non-hydrogen) atoms. The molecule has 0 fully saturated rings. The van der Waals surface area contributed by atoms with Crippen LogP contribution in [0.15, 0.2) is 84.9 Å². The molecule has 4 aromatic rings. The standard InChI is InChI=1S/C21H16N.Cr/c1-2-6-17(7-3-1)19-11-10-16(14-19)15-20-13-12-18-8-4-5-9-21(18)22-20;/h1-14H,15H2;/q-1;.